The smallest absolute Gasteiger partial charge is 0.421 e. The lowest BCUT2D eigenvalue weighted by molar-refractivity contribution is -0.259. The monoisotopic (exact) mass is 296 g/mol. The minimum absolute atomic E-state index is 0.0155. The van der Waals surface area contributed by atoms with Gasteiger partial charge >= 0.3 is 6.18 Å². The molecule has 0 aliphatic rings. The molecule has 1 aromatic rings. The second-order valence-electron chi connectivity index (χ2n) is 4.80. The van der Waals surface area contributed by atoms with E-state index in [0.29, 0.717) is 12.5 Å². The van der Waals surface area contributed by atoms with Gasteiger partial charge in [0.2, 0.25) is 0 Å². The topological polar surface area (TPSA) is 29.5 Å². The van der Waals surface area contributed by atoms with Crippen LogP contribution in [0.5, 0.6) is 5.75 Å². The van der Waals surface area contributed by atoms with Crippen LogP contribution >= 0.6 is 11.6 Å². The molecule has 0 saturated carbocycles. The van der Waals surface area contributed by atoms with Crippen molar-refractivity contribution in [2.45, 2.75) is 38.5 Å². The van der Waals surface area contributed by atoms with Gasteiger partial charge in [0.15, 0.2) is 5.60 Å². The van der Waals surface area contributed by atoms with E-state index in [1.165, 1.54) is 7.11 Å². The molecule has 1 atom stereocenters. The van der Waals surface area contributed by atoms with Gasteiger partial charge in [0.1, 0.15) is 5.75 Å². The van der Waals surface area contributed by atoms with Gasteiger partial charge in [-0.25, -0.2) is 0 Å². The van der Waals surface area contributed by atoms with E-state index in [-0.39, 0.29) is 22.3 Å². The van der Waals surface area contributed by atoms with Crippen LogP contribution in [-0.2, 0) is 5.60 Å². The van der Waals surface area contributed by atoms with Crippen molar-refractivity contribution >= 4 is 11.6 Å². The molecule has 0 radical (unpaired) electrons. The molecule has 6 heteroatoms. The molecule has 0 aliphatic heterocycles. The molecule has 1 rings (SSSR count). The number of halogens is 4. The fourth-order valence-electron chi connectivity index (χ4n) is 1.79. The molecule has 2 nitrogen and oxygen atoms in total. The molecule has 0 bridgehead atoms. The van der Waals surface area contributed by atoms with Crippen LogP contribution < -0.4 is 4.74 Å². The number of hydrogen-bond donors (Lipinski definition) is 1. The second kappa shape index (κ2) is 5.21. The molecule has 0 heterocycles. The molecule has 0 amide bonds. The predicted molar refractivity (Wildman–Crippen MR) is 67.7 cm³/mol. The van der Waals surface area contributed by atoms with Gasteiger partial charge in [-0.1, -0.05) is 25.4 Å². The number of aliphatic hydroxyl groups is 1. The van der Waals surface area contributed by atoms with Gasteiger partial charge < -0.3 is 9.84 Å². The summed E-state index contributed by atoms with van der Waals surface area (Å²) >= 11 is 5.85. The Kier molecular flexibility index (Phi) is 4.42. The largest absolute Gasteiger partial charge is 0.496 e. The molecule has 0 aromatic heterocycles. The van der Waals surface area contributed by atoms with Crippen molar-refractivity contribution in [1.82, 2.24) is 0 Å². The summed E-state index contributed by atoms with van der Waals surface area (Å²) in [5, 5.41) is 9.93. The maximum Gasteiger partial charge on any atom is 0.421 e. The normalized spacial score (nSPS) is 15.5. The number of rotatable bonds is 3. The Morgan fingerprint density at radius 2 is 1.79 bits per heavy atom. The Labute approximate surface area is 115 Å². The van der Waals surface area contributed by atoms with E-state index in [2.05, 4.69) is 0 Å². The van der Waals surface area contributed by atoms with Crippen LogP contribution in [0.1, 0.15) is 37.8 Å². The molecule has 0 fully saturated rings. The first kappa shape index (κ1) is 16.1. The third kappa shape index (κ3) is 2.98. The van der Waals surface area contributed by atoms with E-state index in [9.17, 15) is 18.3 Å². The lowest BCUT2D eigenvalue weighted by Crippen LogP contribution is -2.39. The quantitative estimate of drug-likeness (QED) is 0.904. The van der Waals surface area contributed by atoms with Crippen molar-refractivity contribution in [3.8, 4) is 5.75 Å². The Balaban J connectivity index is 3.60. The Morgan fingerprint density at radius 1 is 1.26 bits per heavy atom. The van der Waals surface area contributed by atoms with E-state index in [0.717, 1.165) is 6.07 Å². The summed E-state index contributed by atoms with van der Waals surface area (Å²) < 4.78 is 43.9. The van der Waals surface area contributed by atoms with Gasteiger partial charge in [0, 0.05) is 10.6 Å². The Bertz CT molecular complexity index is 468. The van der Waals surface area contributed by atoms with E-state index in [1.54, 1.807) is 19.9 Å². The van der Waals surface area contributed by atoms with Crippen LogP contribution in [0.3, 0.4) is 0 Å². The first-order valence-electron chi connectivity index (χ1n) is 5.69. The maximum atomic E-state index is 13.0. The van der Waals surface area contributed by atoms with E-state index in [1.807, 2.05) is 0 Å². The van der Waals surface area contributed by atoms with E-state index < -0.39 is 11.8 Å². The summed E-state index contributed by atoms with van der Waals surface area (Å²) in [7, 11) is 1.27. The van der Waals surface area contributed by atoms with Gasteiger partial charge in [-0.15, -0.1) is 0 Å². The molecule has 0 saturated heterocycles. The average Bonchev–Trinajstić information content (AvgIpc) is 2.26. The number of methoxy groups -OCH3 is 1. The molecule has 0 aliphatic carbocycles. The van der Waals surface area contributed by atoms with Gasteiger partial charge in [0.05, 0.1) is 7.11 Å². The van der Waals surface area contributed by atoms with Gasteiger partial charge in [0.25, 0.3) is 0 Å². The van der Waals surface area contributed by atoms with E-state index >= 15 is 0 Å². The standard InChI is InChI=1S/C13H16ClF3O2/c1-7(2)9-5-8(14)6-10(11(9)19-4)12(3,18)13(15,16)17/h5-7,18H,1-4H3. The number of benzene rings is 1. The van der Waals surface area contributed by atoms with Gasteiger partial charge in [-0.05, 0) is 30.5 Å². The summed E-state index contributed by atoms with van der Waals surface area (Å²) in [5.74, 6) is -0.0711. The first-order valence-corrected chi connectivity index (χ1v) is 6.07. The second-order valence-corrected chi connectivity index (χ2v) is 5.24. The summed E-state index contributed by atoms with van der Waals surface area (Å²) in [6.07, 6.45) is -4.82. The van der Waals surface area contributed by atoms with Crippen LogP contribution in [0.4, 0.5) is 13.2 Å². The van der Waals surface area contributed by atoms with Crippen molar-refractivity contribution in [3.05, 3.63) is 28.3 Å². The predicted octanol–water partition coefficient (Wildman–Crippen LogP) is 4.24. The molecule has 1 aromatic carbocycles. The summed E-state index contributed by atoms with van der Waals surface area (Å²) in [6, 6.07) is 2.63. The summed E-state index contributed by atoms with van der Waals surface area (Å²) in [6.45, 7) is 4.30. The third-order valence-corrected chi connectivity index (χ3v) is 3.20. The van der Waals surface area contributed by atoms with Crippen molar-refractivity contribution in [2.75, 3.05) is 7.11 Å². The molecule has 1 N–H and O–H groups in total. The first-order chi connectivity index (χ1) is 8.52. The average molecular weight is 297 g/mol. The van der Waals surface area contributed by atoms with Crippen molar-refractivity contribution in [3.63, 3.8) is 0 Å². The minimum Gasteiger partial charge on any atom is -0.496 e. The zero-order valence-corrected chi connectivity index (χ0v) is 11.9. The van der Waals surface area contributed by atoms with Gasteiger partial charge in [-0.2, -0.15) is 13.2 Å². The molecular formula is C13H16ClF3O2. The Hall–Kier alpha value is -0.940. The van der Waals surface area contributed by atoms with Crippen LogP contribution in [0.2, 0.25) is 5.02 Å². The lowest BCUT2D eigenvalue weighted by Gasteiger charge is -2.29. The third-order valence-electron chi connectivity index (χ3n) is 2.99. The lowest BCUT2D eigenvalue weighted by atomic mass is 9.89. The zero-order valence-electron chi connectivity index (χ0n) is 11.1. The Morgan fingerprint density at radius 3 is 2.16 bits per heavy atom. The highest BCUT2D eigenvalue weighted by molar-refractivity contribution is 6.30. The molecular weight excluding hydrogens is 281 g/mol. The SMILES string of the molecule is COc1c(C(C)C)cc(Cl)cc1C(C)(O)C(F)(F)F. The fraction of sp³-hybridized carbons (Fsp3) is 0.538. The number of hydrogen-bond acceptors (Lipinski definition) is 2. The van der Waals surface area contributed by atoms with Crippen LogP contribution in [0.25, 0.3) is 0 Å². The maximum absolute atomic E-state index is 13.0. The molecule has 19 heavy (non-hydrogen) atoms. The summed E-state index contributed by atoms with van der Waals surface area (Å²) in [4.78, 5) is 0. The number of alkyl halides is 3. The highest BCUT2D eigenvalue weighted by atomic mass is 35.5. The van der Waals surface area contributed by atoms with Crippen LogP contribution in [0.15, 0.2) is 12.1 Å². The van der Waals surface area contributed by atoms with Crippen molar-refractivity contribution in [2.24, 2.45) is 0 Å². The zero-order chi connectivity index (χ0) is 15.0. The minimum atomic E-state index is -4.82. The van der Waals surface area contributed by atoms with Gasteiger partial charge in [-0.3, -0.25) is 0 Å². The summed E-state index contributed by atoms with van der Waals surface area (Å²) in [5.41, 5.74) is -2.87. The number of ether oxygens (including phenoxy) is 1. The van der Waals surface area contributed by atoms with E-state index in [4.69, 9.17) is 16.3 Å². The highest BCUT2D eigenvalue weighted by Crippen LogP contribution is 2.45. The molecule has 1 unspecified atom stereocenters. The van der Waals surface area contributed by atoms with Crippen LogP contribution in [0, 0.1) is 0 Å². The molecule has 0 spiro atoms. The highest BCUT2D eigenvalue weighted by Gasteiger charge is 2.53. The fourth-order valence-corrected chi connectivity index (χ4v) is 2.01. The molecule has 108 valence electrons. The van der Waals surface area contributed by atoms with Crippen molar-refractivity contribution in [1.29, 1.82) is 0 Å². The van der Waals surface area contributed by atoms with Crippen molar-refractivity contribution < 1.29 is 23.0 Å². The van der Waals surface area contributed by atoms with Crippen LogP contribution in [-0.4, -0.2) is 18.4 Å².